The van der Waals surface area contributed by atoms with Crippen molar-refractivity contribution in [1.82, 2.24) is 0 Å². The molecule has 0 aromatic carbocycles. The standard InChI is InChI=1S/C72H120O6/c1-4-7-10-13-16-19-22-25-28-31-34-35-36-37-39-41-44-47-50-53-56-59-62-65-71(74)77-68-69(67-76-70(73)64-61-58-55-52-49-46-43-40-33-30-27-24-21-18-15-12-9-6-3)78-72(75)66-63-60-57-54-51-48-45-42-38-32-29-26-23-20-17-14-11-8-5-2/h7,10,16-17,19-21,24-26,28-30,33-35,37,39,44,47,69H,4-6,8-9,11-15,18,22-23,27,31-32,36,38,40-43,45-46,48-68H2,1-3H3/b10-7-,19-16-,20-17-,24-21-,28-25-,29-26-,33-30-,35-34-,39-37-,47-44-. The third-order valence-corrected chi connectivity index (χ3v) is 13.7. The summed E-state index contributed by atoms with van der Waals surface area (Å²) < 4.78 is 16.9. The predicted molar refractivity (Wildman–Crippen MR) is 339 cm³/mol. The fourth-order valence-corrected chi connectivity index (χ4v) is 8.80. The summed E-state index contributed by atoms with van der Waals surface area (Å²) in [5, 5.41) is 0. The molecule has 0 aliphatic rings. The summed E-state index contributed by atoms with van der Waals surface area (Å²) in [4.78, 5) is 38.4. The third-order valence-electron chi connectivity index (χ3n) is 13.7. The van der Waals surface area contributed by atoms with Crippen LogP contribution in [0, 0.1) is 0 Å². The Kier molecular flexibility index (Phi) is 61.8. The molecule has 0 fully saturated rings. The molecular formula is C72H120O6. The summed E-state index contributed by atoms with van der Waals surface area (Å²) in [5.41, 5.74) is 0. The van der Waals surface area contributed by atoms with E-state index in [9.17, 15) is 14.4 Å². The van der Waals surface area contributed by atoms with Crippen molar-refractivity contribution in [2.24, 2.45) is 0 Å². The zero-order valence-electron chi connectivity index (χ0n) is 50.9. The Morgan fingerprint density at radius 1 is 0.269 bits per heavy atom. The largest absolute Gasteiger partial charge is 0.462 e. The normalized spacial score (nSPS) is 12.9. The number of ether oxygens (including phenoxy) is 3. The maximum Gasteiger partial charge on any atom is 0.306 e. The van der Waals surface area contributed by atoms with Gasteiger partial charge < -0.3 is 14.2 Å². The van der Waals surface area contributed by atoms with Crippen molar-refractivity contribution in [3.05, 3.63) is 122 Å². The molecule has 0 spiro atoms. The second kappa shape index (κ2) is 65.3. The molecule has 6 nitrogen and oxygen atoms in total. The first kappa shape index (κ1) is 73.8. The number of unbranched alkanes of at least 4 members (excludes halogenated alkanes) is 27. The first-order valence-corrected chi connectivity index (χ1v) is 32.5. The van der Waals surface area contributed by atoms with Gasteiger partial charge in [-0.05, 0) is 135 Å². The summed E-state index contributed by atoms with van der Waals surface area (Å²) >= 11 is 0. The molecule has 0 amide bonds. The van der Waals surface area contributed by atoms with E-state index in [1.54, 1.807) is 0 Å². The lowest BCUT2D eigenvalue weighted by atomic mass is 10.1. The zero-order valence-corrected chi connectivity index (χ0v) is 50.9. The van der Waals surface area contributed by atoms with Gasteiger partial charge in [0.1, 0.15) is 13.2 Å². The van der Waals surface area contributed by atoms with Crippen LogP contribution in [0.5, 0.6) is 0 Å². The van der Waals surface area contributed by atoms with Crippen LogP contribution in [-0.2, 0) is 28.6 Å². The quantitative estimate of drug-likeness (QED) is 0.0261. The molecule has 444 valence electrons. The molecule has 0 rings (SSSR count). The summed E-state index contributed by atoms with van der Waals surface area (Å²) in [7, 11) is 0. The molecular weight excluding hydrogens is 961 g/mol. The monoisotopic (exact) mass is 1080 g/mol. The van der Waals surface area contributed by atoms with E-state index in [-0.39, 0.29) is 31.1 Å². The van der Waals surface area contributed by atoms with Crippen molar-refractivity contribution in [3.8, 4) is 0 Å². The highest BCUT2D eigenvalue weighted by molar-refractivity contribution is 5.71. The van der Waals surface area contributed by atoms with Crippen LogP contribution in [-0.4, -0.2) is 37.2 Å². The lowest BCUT2D eigenvalue weighted by molar-refractivity contribution is -0.167. The molecule has 0 aliphatic carbocycles. The van der Waals surface area contributed by atoms with E-state index >= 15 is 0 Å². The van der Waals surface area contributed by atoms with Crippen molar-refractivity contribution < 1.29 is 28.6 Å². The van der Waals surface area contributed by atoms with E-state index in [1.165, 1.54) is 128 Å². The van der Waals surface area contributed by atoms with E-state index in [0.717, 1.165) is 128 Å². The fraction of sp³-hybridized carbons (Fsp3) is 0.681. The zero-order chi connectivity index (χ0) is 56.4. The predicted octanol–water partition coefficient (Wildman–Crippen LogP) is 22.4. The Balaban J connectivity index is 4.47. The molecule has 0 N–H and O–H groups in total. The van der Waals surface area contributed by atoms with Gasteiger partial charge in [-0.25, -0.2) is 0 Å². The van der Waals surface area contributed by atoms with Gasteiger partial charge in [0.15, 0.2) is 6.10 Å². The molecule has 1 atom stereocenters. The smallest absolute Gasteiger partial charge is 0.306 e. The van der Waals surface area contributed by atoms with Crippen LogP contribution in [0.3, 0.4) is 0 Å². The summed E-state index contributed by atoms with van der Waals surface area (Å²) in [6, 6.07) is 0. The average Bonchev–Trinajstić information content (AvgIpc) is 3.44. The number of esters is 3. The maximum absolute atomic E-state index is 12.9. The first-order chi connectivity index (χ1) is 38.5. The van der Waals surface area contributed by atoms with Crippen LogP contribution >= 0.6 is 0 Å². The highest BCUT2D eigenvalue weighted by Crippen LogP contribution is 2.15. The third kappa shape index (κ3) is 62.7. The van der Waals surface area contributed by atoms with Crippen LogP contribution in [0.25, 0.3) is 0 Å². The molecule has 0 heterocycles. The molecule has 6 heteroatoms. The molecule has 0 saturated carbocycles. The number of hydrogen-bond acceptors (Lipinski definition) is 6. The minimum atomic E-state index is -0.800. The lowest BCUT2D eigenvalue weighted by Gasteiger charge is -2.18. The Bertz CT molecular complexity index is 1620. The van der Waals surface area contributed by atoms with Crippen molar-refractivity contribution in [3.63, 3.8) is 0 Å². The van der Waals surface area contributed by atoms with Crippen molar-refractivity contribution >= 4 is 17.9 Å². The van der Waals surface area contributed by atoms with Gasteiger partial charge in [0.25, 0.3) is 0 Å². The van der Waals surface area contributed by atoms with Crippen LogP contribution in [0.2, 0.25) is 0 Å². The van der Waals surface area contributed by atoms with Gasteiger partial charge in [0, 0.05) is 19.3 Å². The minimum absolute atomic E-state index is 0.0942. The Hall–Kier alpha value is -4.19. The summed E-state index contributed by atoms with van der Waals surface area (Å²) in [6.07, 6.45) is 90.5. The minimum Gasteiger partial charge on any atom is -0.462 e. The number of allylic oxidation sites excluding steroid dienone is 20. The van der Waals surface area contributed by atoms with Gasteiger partial charge in [0.2, 0.25) is 0 Å². The van der Waals surface area contributed by atoms with E-state index in [0.29, 0.717) is 19.3 Å². The summed E-state index contributed by atoms with van der Waals surface area (Å²) in [6.45, 7) is 6.47. The highest BCUT2D eigenvalue weighted by Gasteiger charge is 2.19. The van der Waals surface area contributed by atoms with E-state index < -0.39 is 6.10 Å². The van der Waals surface area contributed by atoms with Crippen molar-refractivity contribution in [2.45, 2.75) is 303 Å². The molecule has 0 radical (unpaired) electrons. The molecule has 0 bridgehead atoms. The van der Waals surface area contributed by atoms with Crippen molar-refractivity contribution in [2.75, 3.05) is 13.2 Å². The molecule has 0 aliphatic heterocycles. The molecule has 1 unspecified atom stereocenters. The van der Waals surface area contributed by atoms with Crippen molar-refractivity contribution in [1.29, 1.82) is 0 Å². The second-order valence-electron chi connectivity index (χ2n) is 21.3. The second-order valence-corrected chi connectivity index (χ2v) is 21.3. The maximum atomic E-state index is 12.9. The highest BCUT2D eigenvalue weighted by atomic mass is 16.6. The Morgan fingerprint density at radius 3 is 0.808 bits per heavy atom. The lowest BCUT2D eigenvalue weighted by Crippen LogP contribution is -2.30. The van der Waals surface area contributed by atoms with Crippen LogP contribution in [0.1, 0.15) is 297 Å². The number of rotatable bonds is 58. The van der Waals surface area contributed by atoms with Gasteiger partial charge >= 0.3 is 17.9 Å². The van der Waals surface area contributed by atoms with Crippen LogP contribution in [0.4, 0.5) is 0 Å². The van der Waals surface area contributed by atoms with Gasteiger partial charge in [-0.15, -0.1) is 0 Å². The van der Waals surface area contributed by atoms with E-state index in [2.05, 4.69) is 142 Å². The SMILES string of the molecule is CC/C=C\C/C=C\C/C=C\C/C=C\C/C=C\C/C=C\CCCCCCC(=O)OCC(COC(=O)CCCCCCCCC/C=C\C/C=C\CCCCCC)OC(=O)CCCCCCCCCCC/C=C\C/C=C\CCCCC. The van der Waals surface area contributed by atoms with Gasteiger partial charge in [-0.2, -0.15) is 0 Å². The average molecular weight is 1080 g/mol. The van der Waals surface area contributed by atoms with Gasteiger partial charge in [-0.1, -0.05) is 264 Å². The summed E-state index contributed by atoms with van der Waals surface area (Å²) in [5.74, 6) is -0.925. The Labute approximate surface area is 482 Å². The molecule has 0 saturated heterocycles. The molecule has 0 aromatic heterocycles. The van der Waals surface area contributed by atoms with Gasteiger partial charge in [0.05, 0.1) is 0 Å². The fourth-order valence-electron chi connectivity index (χ4n) is 8.80. The van der Waals surface area contributed by atoms with Gasteiger partial charge in [-0.3, -0.25) is 14.4 Å². The Morgan fingerprint density at radius 2 is 0.500 bits per heavy atom. The van der Waals surface area contributed by atoms with Crippen LogP contribution < -0.4 is 0 Å². The number of hydrogen-bond donors (Lipinski definition) is 0. The number of carbonyl (C=O) groups is 3. The molecule has 0 aromatic rings. The van der Waals surface area contributed by atoms with E-state index in [1.807, 2.05) is 0 Å². The van der Waals surface area contributed by atoms with E-state index in [4.69, 9.17) is 14.2 Å². The topological polar surface area (TPSA) is 78.9 Å². The first-order valence-electron chi connectivity index (χ1n) is 32.5. The van der Waals surface area contributed by atoms with Crippen LogP contribution in [0.15, 0.2) is 122 Å². The molecule has 78 heavy (non-hydrogen) atoms. The number of carbonyl (C=O) groups excluding carboxylic acids is 3.